The minimum absolute atomic E-state index is 0.0744. The number of rotatable bonds is 1. The van der Waals surface area contributed by atoms with E-state index in [0.29, 0.717) is 13.2 Å². The minimum Gasteiger partial charge on any atom is -0.492 e. The Bertz CT molecular complexity index is 915. The Labute approximate surface area is 189 Å². The van der Waals surface area contributed by atoms with Gasteiger partial charge in [0.05, 0.1) is 39.9 Å². The number of likely N-dealkylation sites (N-methyl/N-ethyl adjacent to an activating group) is 1. The molecule has 5 atom stereocenters. The third-order valence-corrected chi connectivity index (χ3v) is 9.60. The third-order valence-electron chi connectivity index (χ3n) is 7.11. The lowest BCUT2D eigenvalue weighted by Crippen LogP contribution is -2.68. The van der Waals surface area contributed by atoms with E-state index >= 15 is 0 Å². The molecule has 1 aromatic carbocycles. The molecule has 3 aliphatic heterocycles. The van der Waals surface area contributed by atoms with Gasteiger partial charge in [-0.25, -0.2) is 0 Å². The largest absolute Gasteiger partial charge is 0.492 e. The van der Waals surface area contributed by atoms with Gasteiger partial charge in [0.25, 0.3) is 0 Å². The molecule has 2 bridgehead atoms. The number of piperidine rings is 1. The first kappa shape index (κ1) is 18.6. The summed E-state index contributed by atoms with van der Waals surface area (Å²) in [6, 6.07) is 2.45. The van der Waals surface area contributed by atoms with Gasteiger partial charge in [0.15, 0.2) is 17.6 Å². The molecule has 0 radical (unpaired) electrons. The highest BCUT2D eigenvalue weighted by Crippen LogP contribution is 2.68. The van der Waals surface area contributed by atoms with Gasteiger partial charge in [-0.3, -0.25) is 4.90 Å². The summed E-state index contributed by atoms with van der Waals surface area (Å²) in [5.41, 5.74) is 3.65. The van der Waals surface area contributed by atoms with Gasteiger partial charge in [-0.2, -0.15) is 0 Å². The molecule has 2 fully saturated rings. The minimum atomic E-state index is -0.823. The summed E-state index contributed by atoms with van der Waals surface area (Å²) < 4.78 is 26.0. The fourth-order valence-electron chi connectivity index (χ4n) is 6.04. The summed E-state index contributed by atoms with van der Waals surface area (Å²) in [6.45, 7) is 2.15. The molecule has 6 rings (SSSR count). The van der Waals surface area contributed by atoms with E-state index in [1.165, 1.54) is 16.7 Å². The first-order chi connectivity index (χ1) is 13.5. The van der Waals surface area contributed by atoms with Crippen LogP contribution in [0.2, 0.25) is 0 Å². The van der Waals surface area contributed by atoms with Crippen LogP contribution in [0.5, 0.6) is 11.5 Å². The molecule has 2 spiro atoms. The van der Waals surface area contributed by atoms with Crippen LogP contribution in [0.4, 0.5) is 0 Å². The predicted octanol–water partition coefficient (Wildman–Crippen LogP) is 4.06. The van der Waals surface area contributed by atoms with Crippen molar-refractivity contribution in [1.29, 1.82) is 0 Å². The molecule has 2 aliphatic carbocycles. The highest BCUT2D eigenvalue weighted by Gasteiger charge is 2.72. The number of fused-ring (bicyclic) bond motifs is 1. The Morgan fingerprint density at radius 2 is 2.00 bits per heavy atom. The van der Waals surface area contributed by atoms with Crippen molar-refractivity contribution in [2.24, 2.45) is 0 Å². The summed E-state index contributed by atoms with van der Waals surface area (Å²) in [5.74, 6) is 0.755. The average Bonchev–Trinajstić information content (AvgIpc) is 3.27. The van der Waals surface area contributed by atoms with Crippen LogP contribution in [0, 0.1) is 0 Å². The van der Waals surface area contributed by atoms with Crippen molar-refractivity contribution in [2.45, 2.75) is 39.4 Å². The molecule has 2 saturated heterocycles. The van der Waals surface area contributed by atoms with Crippen LogP contribution in [-0.4, -0.2) is 61.6 Å². The molecule has 1 aromatic rings. The molecule has 3 heterocycles. The van der Waals surface area contributed by atoms with E-state index in [0.717, 1.165) is 28.9 Å². The number of hydrogen-bond donors (Lipinski definition) is 0. The molecule has 0 amide bonds. The molecule has 5 aliphatic rings. The van der Waals surface area contributed by atoms with Gasteiger partial charge < -0.3 is 18.9 Å². The Kier molecular flexibility index (Phi) is 3.98. The summed E-state index contributed by atoms with van der Waals surface area (Å²) >= 11 is 11.6. The van der Waals surface area contributed by atoms with Crippen molar-refractivity contribution in [2.75, 3.05) is 33.9 Å². The topological polar surface area (TPSA) is 40.2 Å². The highest BCUT2D eigenvalue weighted by molar-refractivity contribution is 9.10. The lowest BCUT2D eigenvalue weighted by atomic mass is 9.55. The zero-order valence-electron chi connectivity index (χ0n) is 15.5. The van der Waals surface area contributed by atoms with E-state index in [1.54, 1.807) is 7.11 Å². The third kappa shape index (κ3) is 1.94. The summed E-state index contributed by atoms with van der Waals surface area (Å²) in [7, 11) is 3.90. The quantitative estimate of drug-likeness (QED) is 0.372. The zero-order chi connectivity index (χ0) is 19.4. The van der Waals surface area contributed by atoms with Crippen LogP contribution < -0.4 is 9.47 Å². The maximum atomic E-state index is 6.76. The summed E-state index contributed by atoms with van der Waals surface area (Å²) in [6.07, 6.45) is 3.04. The molecule has 5 nitrogen and oxygen atoms in total. The molecule has 28 heavy (non-hydrogen) atoms. The number of hydrogen-bond acceptors (Lipinski definition) is 5. The maximum Gasteiger partial charge on any atom is 0.223 e. The van der Waals surface area contributed by atoms with E-state index in [4.69, 9.17) is 18.9 Å². The number of ether oxygens (including phenoxy) is 4. The molecule has 3 unspecified atom stereocenters. The predicted molar refractivity (Wildman–Crippen MR) is 115 cm³/mol. The van der Waals surface area contributed by atoms with Gasteiger partial charge in [-0.1, -0.05) is 37.9 Å². The van der Waals surface area contributed by atoms with Gasteiger partial charge in [0.1, 0.15) is 0 Å². The van der Waals surface area contributed by atoms with Crippen LogP contribution in [0.3, 0.4) is 0 Å². The van der Waals surface area contributed by atoms with Crippen molar-refractivity contribution in [3.05, 3.63) is 33.3 Å². The van der Waals surface area contributed by atoms with Crippen molar-refractivity contribution < 1.29 is 18.9 Å². The van der Waals surface area contributed by atoms with Crippen LogP contribution in [0.15, 0.2) is 22.2 Å². The fourth-order valence-corrected chi connectivity index (χ4v) is 8.47. The van der Waals surface area contributed by atoms with E-state index in [1.807, 2.05) is 0 Å². The van der Waals surface area contributed by atoms with Crippen molar-refractivity contribution in [3.63, 3.8) is 0 Å². The first-order valence-electron chi connectivity index (χ1n) is 9.51. The van der Waals surface area contributed by atoms with E-state index < -0.39 is 5.79 Å². The molecular formula is C20H20Br3NO4. The van der Waals surface area contributed by atoms with Gasteiger partial charge in [-0.15, -0.1) is 0 Å². The monoisotopic (exact) mass is 575 g/mol. The second-order valence-electron chi connectivity index (χ2n) is 8.17. The van der Waals surface area contributed by atoms with Crippen molar-refractivity contribution >= 4 is 47.8 Å². The summed E-state index contributed by atoms with van der Waals surface area (Å²) in [4.78, 5) is 2.55. The SMILES string of the molecule is COc1c(Br)cc2c3c1O[C@H]1C4(OCCO4)C(Br)C=C4C(C2Br)N(C)CC[C@]431. The second kappa shape index (κ2) is 5.98. The lowest BCUT2D eigenvalue weighted by Gasteiger charge is -2.58. The van der Waals surface area contributed by atoms with E-state index in [-0.39, 0.29) is 27.2 Å². The lowest BCUT2D eigenvalue weighted by molar-refractivity contribution is -0.221. The summed E-state index contributed by atoms with van der Waals surface area (Å²) in [5, 5.41) is 0. The van der Waals surface area contributed by atoms with Gasteiger partial charge >= 0.3 is 0 Å². The van der Waals surface area contributed by atoms with E-state index in [2.05, 4.69) is 71.9 Å². The molecular weight excluding hydrogens is 558 g/mol. The number of likely N-dealkylation sites (tertiary alicyclic amines) is 1. The zero-order valence-corrected chi connectivity index (χ0v) is 20.3. The maximum absolute atomic E-state index is 6.76. The highest BCUT2D eigenvalue weighted by atomic mass is 79.9. The smallest absolute Gasteiger partial charge is 0.223 e. The van der Waals surface area contributed by atoms with Crippen LogP contribution in [0.25, 0.3) is 0 Å². The van der Waals surface area contributed by atoms with Crippen LogP contribution in [-0.2, 0) is 14.9 Å². The fraction of sp³-hybridized carbons (Fsp3) is 0.600. The van der Waals surface area contributed by atoms with Gasteiger partial charge in [0.2, 0.25) is 5.79 Å². The Morgan fingerprint density at radius 3 is 2.71 bits per heavy atom. The molecule has 0 saturated carbocycles. The normalized spacial score (nSPS) is 39.5. The molecule has 8 heteroatoms. The Hall–Kier alpha value is -0.120. The van der Waals surface area contributed by atoms with Gasteiger partial charge in [-0.05, 0) is 53.1 Å². The first-order valence-corrected chi connectivity index (χ1v) is 12.1. The standard InChI is InChI=1S/C20H20Br3NO4/c1-24-4-3-19-10-8-12(22)20(26-5-6-27-20)18(19)28-17-13(19)9(14(23)15(10)24)7-11(21)16(17)25-2/h7-8,12,14-15,18H,3-6H2,1-2H3/t12?,14?,15?,18-,19+/m1/s1. The molecule has 0 N–H and O–H groups in total. The van der Waals surface area contributed by atoms with Crippen molar-refractivity contribution in [1.82, 2.24) is 4.90 Å². The number of benzene rings is 1. The Morgan fingerprint density at radius 1 is 1.25 bits per heavy atom. The average molecular weight is 578 g/mol. The number of halogens is 3. The number of nitrogens with zero attached hydrogens (tertiary/aromatic N) is 1. The second-order valence-corrected chi connectivity index (χ2v) is 11.0. The number of alkyl halides is 2. The molecule has 150 valence electrons. The molecule has 0 aromatic heterocycles. The number of methoxy groups -OCH3 is 1. The Balaban J connectivity index is 1.71. The van der Waals surface area contributed by atoms with Crippen LogP contribution >= 0.6 is 47.8 Å². The van der Waals surface area contributed by atoms with Crippen molar-refractivity contribution in [3.8, 4) is 11.5 Å². The van der Waals surface area contributed by atoms with Crippen LogP contribution in [0.1, 0.15) is 22.4 Å². The van der Waals surface area contributed by atoms with E-state index in [9.17, 15) is 0 Å². The van der Waals surface area contributed by atoms with Gasteiger partial charge in [0, 0.05) is 11.6 Å².